The molecule has 0 aliphatic carbocycles. The lowest BCUT2D eigenvalue weighted by atomic mass is 9.78. The summed E-state index contributed by atoms with van der Waals surface area (Å²) >= 11 is 0. The van der Waals surface area contributed by atoms with E-state index in [2.05, 4.69) is 4.90 Å². The maximum atomic E-state index is 13.2. The highest BCUT2D eigenvalue weighted by Crippen LogP contribution is 2.46. The van der Waals surface area contributed by atoms with E-state index in [9.17, 15) is 36.2 Å². The highest BCUT2D eigenvalue weighted by Gasteiger charge is 2.42. The number of nitrogens with zero attached hydrogens (tertiary/aromatic N) is 1. The average Bonchev–Trinajstić information content (AvgIpc) is 3.37. The van der Waals surface area contributed by atoms with E-state index in [1.807, 2.05) is 0 Å². The molecule has 4 nitrogen and oxygen atoms in total. The average molecular weight is 530 g/mol. The third-order valence-electron chi connectivity index (χ3n) is 7.66. The fourth-order valence-electron chi connectivity index (χ4n) is 5.56. The summed E-state index contributed by atoms with van der Waals surface area (Å²) in [5, 5.41) is 9.58. The Hall–Kier alpha value is -2.59. The number of ether oxygens (including phenoxy) is 1. The zero-order valence-electron chi connectivity index (χ0n) is 20.2. The van der Waals surface area contributed by atoms with E-state index in [1.165, 1.54) is 24.3 Å². The SMILES string of the molecule is CC(C(=O)O)[C@@H]1CCN([C@@H](c2ccc(C(F)(F)F)cc2)C2CCCO2)[C@H](c2ccc(C(F)(F)F)cc2)C1. The van der Waals surface area contributed by atoms with E-state index < -0.39 is 47.5 Å². The Balaban J connectivity index is 1.73. The zero-order valence-corrected chi connectivity index (χ0v) is 20.2. The Morgan fingerprint density at radius 1 is 0.946 bits per heavy atom. The second-order valence-corrected chi connectivity index (χ2v) is 9.90. The Labute approximate surface area is 211 Å². The van der Waals surface area contributed by atoms with E-state index in [1.54, 1.807) is 6.92 Å². The summed E-state index contributed by atoms with van der Waals surface area (Å²) in [6.45, 7) is 2.57. The van der Waals surface area contributed by atoms with Crippen molar-refractivity contribution < 1.29 is 41.0 Å². The van der Waals surface area contributed by atoms with Gasteiger partial charge < -0.3 is 9.84 Å². The maximum Gasteiger partial charge on any atom is 0.416 e. The minimum Gasteiger partial charge on any atom is -0.481 e. The molecule has 2 aromatic carbocycles. The molecule has 0 amide bonds. The van der Waals surface area contributed by atoms with Crippen LogP contribution in [0.3, 0.4) is 0 Å². The molecular weight excluding hydrogens is 500 g/mol. The van der Waals surface area contributed by atoms with E-state index >= 15 is 0 Å². The second kappa shape index (κ2) is 10.6. The van der Waals surface area contributed by atoms with Crippen LogP contribution < -0.4 is 0 Å². The molecule has 0 radical (unpaired) electrons. The Kier molecular flexibility index (Phi) is 7.90. The van der Waals surface area contributed by atoms with Crippen molar-refractivity contribution in [2.24, 2.45) is 11.8 Å². The summed E-state index contributed by atoms with van der Waals surface area (Å²) < 4.78 is 85.1. The highest BCUT2D eigenvalue weighted by molar-refractivity contribution is 5.69. The van der Waals surface area contributed by atoms with E-state index in [-0.39, 0.29) is 12.0 Å². The first-order valence-corrected chi connectivity index (χ1v) is 12.3. The van der Waals surface area contributed by atoms with Crippen LogP contribution in [0.5, 0.6) is 0 Å². The summed E-state index contributed by atoms with van der Waals surface area (Å²) in [6.07, 6.45) is -6.87. The van der Waals surface area contributed by atoms with Gasteiger partial charge in [-0.1, -0.05) is 31.2 Å². The minimum atomic E-state index is -4.49. The molecule has 0 aromatic heterocycles. The van der Waals surface area contributed by atoms with Gasteiger partial charge in [0.15, 0.2) is 0 Å². The van der Waals surface area contributed by atoms with Crippen LogP contribution in [-0.2, 0) is 21.9 Å². The molecular formula is C27H29F6NO3. The van der Waals surface area contributed by atoms with Gasteiger partial charge >= 0.3 is 18.3 Å². The first-order chi connectivity index (χ1) is 17.4. The molecule has 2 saturated heterocycles. The number of likely N-dealkylation sites (tertiary alicyclic amines) is 1. The van der Waals surface area contributed by atoms with Crippen molar-refractivity contribution in [2.75, 3.05) is 13.2 Å². The molecule has 2 aliphatic heterocycles. The van der Waals surface area contributed by atoms with E-state index in [4.69, 9.17) is 4.74 Å². The van der Waals surface area contributed by atoms with Crippen LogP contribution in [0.15, 0.2) is 48.5 Å². The topological polar surface area (TPSA) is 49.8 Å². The van der Waals surface area contributed by atoms with Gasteiger partial charge in [-0.2, -0.15) is 26.3 Å². The van der Waals surface area contributed by atoms with Gasteiger partial charge in [0.2, 0.25) is 0 Å². The van der Waals surface area contributed by atoms with Crippen LogP contribution in [0.25, 0.3) is 0 Å². The maximum absolute atomic E-state index is 13.2. The molecule has 0 spiro atoms. The number of carbonyl (C=O) groups is 1. The fourth-order valence-corrected chi connectivity index (χ4v) is 5.56. The number of hydrogen-bond donors (Lipinski definition) is 1. The van der Waals surface area contributed by atoms with Crippen molar-refractivity contribution in [3.8, 4) is 0 Å². The third kappa shape index (κ3) is 6.12. The molecule has 0 saturated carbocycles. The number of carboxylic acid groups (broad SMARTS) is 1. The van der Waals surface area contributed by atoms with Crippen LogP contribution in [0.2, 0.25) is 0 Å². The van der Waals surface area contributed by atoms with E-state index in [0.717, 1.165) is 30.7 Å². The lowest BCUT2D eigenvalue weighted by Crippen LogP contribution is -2.45. The quantitative estimate of drug-likeness (QED) is 0.405. The molecule has 5 atom stereocenters. The smallest absolute Gasteiger partial charge is 0.416 e. The van der Waals surface area contributed by atoms with Crippen LogP contribution in [0.4, 0.5) is 26.3 Å². The monoisotopic (exact) mass is 529 g/mol. The van der Waals surface area contributed by atoms with Crippen molar-refractivity contribution >= 4 is 5.97 Å². The number of piperidine rings is 1. The highest BCUT2D eigenvalue weighted by atomic mass is 19.4. The summed E-state index contributed by atoms with van der Waals surface area (Å²) in [6, 6.07) is 8.91. The van der Waals surface area contributed by atoms with Crippen molar-refractivity contribution in [3.05, 3.63) is 70.8 Å². The molecule has 2 aromatic rings. The molecule has 1 N–H and O–H groups in total. The van der Waals surface area contributed by atoms with Crippen LogP contribution in [-0.4, -0.2) is 35.2 Å². The van der Waals surface area contributed by atoms with Crippen LogP contribution in [0.1, 0.15) is 66.9 Å². The van der Waals surface area contributed by atoms with Gasteiger partial charge in [-0.15, -0.1) is 0 Å². The largest absolute Gasteiger partial charge is 0.481 e. The van der Waals surface area contributed by atoms with Crippen molar-refractivity contribution in [1.29, 1.82) is 0 Å². The number of alkyl halides is 6. The Bertz CT molecular complexity index is 1060. The number of rotatable bonds is 6. The Morgan fingerprint density at radius 2 is 1.51 bits per heavy atom. The van der Waals surface area contributed by atoms with Gasteiger partial charge in [-0.25, -0.2) is 0 Å². The summed E-state index contributed by atoms with van der Waals surface area (Å²) in [5.41, 5.74) is -0.324. The van der Waals surface area contributed by atoms with Crippen molar-refractivity contribution in [3.63, 3.8) is 0 Å². The molecule has 4 rings (SSSR count). The van der Waals surface area contributed by atoms with Crippen LogP contribution >= 0.6 is 0 Å². The van der Waals surface area contributed by atoms with Gasteiger partial charge in [0, 0.05) is 12.6 Å². The number of halogens is 6. The van der Waals surface area contributed by atoms with Crippen LogP contribution in [0, 0.1) is 11.8 Å². The molecule has 10 heteroatoms. The standard InChI is InChI=1S/C27H29F6NO3/c1-16(25(35)36)19-12-13-34(22(15-19)17-4-8-20(9-5-17)26(28,29)30)24(23-3-2-14-37-23)18-6-10-21(11-7-18)27(31,32)33/h4-11,16,19,22-24H,2-3,12-15H2,1H3,(H,35,36)/t16?,19-,22+,23?,24+/m1/s1. The molecule has 2 heterocycles. The molecule has 0 bridgehead atoms. The van der Waals surface area contributed by atoms with Gasteiger partial charge in [-0.05, 0) is 73.5 Å². The summed E-state index contributed by atoms with van der Waals surface area (Å²) in [7, 11) is 0. The lowest BCUT2D eigenvalue weighted by molar-refractivity contribution is -0.144. The zero-order chi connectivity index (χ0) is 27.0. The van der Waals surface area contributed by atoms with Gasteiger partial charge in [0.25, 0.3) is 0 Å². The summed E-state index contributed by atoms with van der Waals surface area (Å²) in [5.74, 6) is -1.80. The predicted molar refractivity (Wildman–Crippen MR) is 124 cm³/mol. The molecule has 37 heavy (non-hydrogen) atoms. The Morgan fingerprint density at radius 3 is 2.00 bits per heavy atom. The second-order valence-electron chi connectivity index (χ2n) is 9.90. The predicted octanol–water partition coefficient (Wildman–Crippen LogP) is 7.12. The number of benzene rings is 2. The van der Waals surface area contributed by atoms with E-state index in [0.29, 0.717) is 43.5 Å². The minimum absolute atomic E-state index is 0.209. The third-order valence-corrected chi connectivity index (χ3v) is 7.66. The van der Waals surface area contributed by atoms with Gasteiger partial charge in [-0.3, -0.25) is 9.69 Å². The first kappa shape index (κ1) is 27.4. The first-order valence-electron chi connectivity index (χ1n) is 12.3. The fraction of sp³-hybridized carbons (Fsp3) is 0.519. The van der Waals surface area contributed by atoms with Gasteiger partial charge in [0.1, 0.15) is 0 Å². The lowest BCUT2D eigenvalue weighted by Gasteiger charge is -2.46. The number of hydrogen-bond acceptors (Lipinski definition) is 3. The number of carboxylic acids is 1. The normalized spacial score (nSPS) is 25.1. The molecule has 2 aliphatic rings. The van der Waals surface area contributed by atoms with Crippen molar-refractivity contribution in [2.45, 2.75) is 63.1 Å². The molecule has 202 valence electrons. The van der Waals surface area contributed by atoms with Gasteiger partial charge in [0.05, 0.1) is 29.2 Å². The summed E-state index contributed by atoms with van der Waals surface area (Å²) in [4.78, 5) is 13.8. The molecule has 2 fully saturated rings. The van der Waals surface area contributed by atoms with Crippen molar-refractivity contribution in [1.82, 2.24) is 4.90 Å². The molecule has 2 unspecified atom stereocenters. The number of aliphatic carboxylic acids is 1.